The lowest BCUT2D eigenvalue weighted by Gasteiger charge is -2.20. The first-order valence-corrected chi connectivity index (χ1v) is 5.16. The molecule has 1 saturated heterocycles. The number of carbonyl (C=O) groups excluding carboxylic acids is 1. The van der Waals surface area contributed by atoms with Gasteiger partial charge < -0.3 is 14.2 Å². The number of ether oxygens (including phenoxy) is 3. The normalized spacial score (nSPS) is 30.6. The minimum absolute atomic E-state index is 0.00764. The summed E-state index contributed by atoms with van der Waals surface area (Å²) in [7, 11) is 3.15. The molecule has 4 heteroatoms. The lowest BCUT2D eigenvalue weighted by Crippen LogP contribution is -2.28. The number of rotatable bonds is 2. The summed E-state index contributed by atoms with van der Waals surface area (Å²) < 4.78 is 16.1. The summed E-state index contributed by atoms with van der Waals surface area (Å²) >= 11 is 0. The molecule has 4 nitrogen and oxygen atoms in total. The van der Waals surface area contributed by atoms with E-state index in [4.69, 9.17) is 14.2 Å². The Bertz CT molecular complexity index is 454. The largest absolute Gasteiger partial charge is 0.496 e. The zero-order valence-electron chi connectivity index (χ0n) is 9.10. The van der Waals surface area contributed by atoms with E-state index in [1.165, 1.54) is 7.11 Å². The van der Waals surface area contributed by atoms with Crippen molar-refractivity contribution in [2.45, 2.75) is 18.3 Å². The van der Waals surface area contributed by atoms with Crippen LogP contribution in [-0.2, 0) is 14.3 Å². The monoisotopic (exact) mass is 220 g/mol. The van der Waals surface area contributed by atoms with Crippen molar-refractivity contribution in [2.24, 2.45) is 0 Å². The van der Waals surface area contributed by atoms with Crippen LogP contribution >= 0.6 is 0 Å². The molecule has 1 aromatic carbocycles. The predicted octanol–water partition coefficient (Wildman–Crippen LogP) is 1.41. The maximum absolute atomic E-state index is 11.9. The fourth-order valence-electron chi connectivity index (χ4n) is 2.54. The molecule has 0 aliphatic carbocycles. The average Bonchev–Trinajstić information content (AvgIpc) is 2.84. The van der Waals surface area contributed by atoms with Crippen molar-refractivity contribution in [1.29, 1.82) is 0 Å². The van der Waals surface area contributed by atoms with Crippen molar-refractivity contribution in [2.75, 3.05) is 14.2 Å². The fourth-order valence-corrected chi connectivity index (χ4v) is 2.54. The third-order valence-corrected chi connectivity index (χ3v) is 3.24. The van der Waals surface area contributed by atoms with E-state index in [2.05, 4.69) is 0 Å². The molecule has 0 saturated carbocycles. The summed E-state index contributed by atoms with van der Waals surface area (Å²) in [5, 5.41) is 0. The Hall–Kier alpha value is -1.39. The van der Waals surface area contributed by atoms with Crippen LogP contribution < -0.4 is 4.74 Å². The van der Waals surface area contributed by atoms with Crippen LogP contribution in [-0.4, -0.2) is 26.1 Å². The molecule has 3 rings (SSSR count). The van der Waals surface area contributed by atoms with Gasteiger partial charge in [-0.25, -0.2) is 0 Å². The highest BCUT2D eigenvalue weighted by molar-refractivity contribution is 5.94. The van der Waals surface area contributed by atoms with Gasteiger partial charge >= 0.3 is 0 Å². The second-order valence-corrected chi connectivity index (χ2v) is 3.96. The fraction of sp³-hybridized carbons (Fsp3) is 0.417. The summed E-state index contributed by atoms with van der Waals surface area (Å²) in [6.07, 6.45) is -1.28. The van der Waals surface area contributed by atoms with E-state index >= 15 is 0 Å². The van der Waals surface area contributed by atoms with E-state index in [0.717, 1.165) is 16.9 Å². The molecule has 0 amide bonds. The number of fused-ring (bicyclic) bond motifs is 5. The quantitative estimate of drug-likeness (QED) is 0.755. The smallest absolute Gasteiger partial charge is 0.197 e. The lowest BCUT2D eigenvalue weighted by atomic mass is 9.88. The van der Waals surface area contributed by atoms with E-state index in [1.54, 1.807) is 7.11 Å². The molecule has 3 atom stereocenters. The molecule has 1 aromatic rings. The van der Waals surface area contributed by atoms with Gasteiger partial charge in [0.15, 0.2) is 5.78 Å². The van der Waals surface area contributed by atoms with Crippen molar-refractivity contribution in [3.05, 3.63) is 29.3 Å². The highest BCUT2D eigenvalue weighted by atomic mass is 16.6. The Morgan fingerprint density at radius 1 is 1.31 bits per heavy atom. The number of carbonyl (C=O) groups is 1. The zero-order chi connectivity index (χ0) is 11.3. The van der Waals surface area contributed by atoms with Gasteiger partial charge in [-0.3, -0.25) is 4.79 Å². The van der Waals surface area contributed by atoms with Gasteiger partial charge in [0.05, 0.1) is 7.11 Å². The summed E-state index contributed by atoms with van der Waals surface area (Å²) in [6, 6.07) is 5.66. The van der Waals surface area contributed by atoms with E-state index < -0.39 is 12.2 Å². The van der Waals surface area contributed by atoms with E-state index in [1.807, 2.05) is 18.2 Å². The molecule has 0 spiro atoms. The third-order valence-electron chi connectivity index (χ3n) is 3.24. The van der Waals surface area contributed by atoms with E-state index in [0.29, 0.717) is 0 Å². The summed E-state index contributed by atoms with van der Waals surface area (Å²) in [4.78, 5) is 11.9. The van der Waals surface area contributed by atoms with Gasteiger partial charge in [0.25, 0.3) is 0 Å². The number of Topliss-reactive ketones (excluding diaryl/α,β-unsaturated/α-hetero) is 1. The third kappa shape index (κ3) is 1.03. The van der Waals surface area contributed by atoms with Crippen LogP contribution in [0.15, 0.2) is 18.2 Å². The number of hydrogen-bond acceptors (Lipinski definition) is 4. The summed E-state index contributed by atoms with van der Waals surface area (Å²) in [5.41, 5.74) is 1.88. The van der Waals surface area contributed by atoms with E-state index in [-0.39, 0.29) is 11.9 Å². The van der Waals surface area contributed by atoms with Gasteiger partial charge in [0.2, 0.25) is 0 Å². The van der Waals surface area contributed by atoms with Crippen LogP contribution in [0.5, 0.6) is 5.75 Å². The molecule has 2 bridgehead atoms. The number of ketones is 1. The Kier molecular flexibility index (Phi) is 2.02. The average molecular weight is 220 g/mol. The Balaban J connectivity index is 2.15. The first kappa shape index (κ1) is 9.81. The topological polar surface area (TPSA) is 44.8 Å². The summed E-state index contributed by atoms with van der Waals surface area (Å²) in [6.45, 7) is 0. The number of hydrogen-bond donors (Lipinski definition) is 0. The second kappa shape index (κ2) is 3.30. The maximum atomic E-state index is 11.9. The Morgan fingerprint density at radius 2 is 2.12 bits per heavy atom. The molecular weight excluding hydrogens is 208 g/mol. The minimum Gasteiger partial charge on any atom is -0.496 e. The van der Waals surface area contributed by atoms with Crippen molar-refractivity contribution in [1.82, 2.24) is 0 Å². The van der Waals surface area contributed by atoms with Crippen molar-refractivity contribution in [3.8, 4) is 5.75 Å². The predicted molar refractivity (Wildman–Crippen MR) is 55.4 cm³/mol. The van der Waals surface area contributed by atoms with Gasteiger partial charge in [0, 0.05) is 12.7 Å². The van der Waals surface area contributed by atoms with Crippen molar-refractivity contribution < 1.29 is 19.0 Å². The molecule has 2 aliphatic heterocycles. The van der Waals surface area contributed by atoms with Gasteiger partial charge in [0.1, 0.15) is 24.1 Å². The minimum atomic E-state index is -0.492. The van der Waals surface area contributed by atoms with Gasteiger partial charge in [-0.05, 0) is 11.6 Å². The molecule has 0 aromatic heterocycles. The molecule has 84 valence electrons. The number of benzene rings is 1. The molecular formula is C12H12O4. The first-order chi connectivity index (χ1) is 7.77. The first-order valence-electron chi connectivity index (χ1n) is 5.16. The van der Waals surface area contributed by atoms with Gasteiger partial charge in [-0.15, -0.1) is 0 Å². The van der Waals surface area contributed by atoms with Crippen LogP contribution in [0.3, 0.4) is 0 Å². The van der Waals surface area contributed by atoms with Crippen LogP contribution in [0.4, 0.5) is 0 Å². The van der Waals surface area contributed by atoms with E-state index in [9.17, 15) is 4.79 Å². The van der Waals surface area contributed by atoms with Gasteiger partial charge in [-0.1, -0.05) is 12.1 Å². The molecule has 1 fully saturated rings. The SMILES string of the molecule is COc1cccc2c1[C@@H]1O[C@H]2C(=O)[C@@H]1OC. The molecule has 2 aliphatic rings. The van der Waals surface area contributed by atoms with Crippen molar-refractivity contribution >= 4 is 5.78 Å². The molecule has 0 unspecified atom stereocenters. The highest BCUT2D eigenvalue weighted by Gasteiger charge is 2.53. The standard InChI is InChI=1S/C12H12O4/c1-14-7-5-3-4-6-8(7)11-12(15-2)9(13)10(6)16-11/h3-5,10-12H,1-2H3/t10-,11+,12+/m1/s1. The molecule has 0 N–H and O–H groups in total. The number of methoxy groups -OCH3 is 2. The second-order valence-electron chi connectivity index (χ2n) is 3.96. The Labute approximate surface area is 93.1 Å². The lowest BCUT2D eigenvalue weighted by molar-refractivity contribution is -0.128. The Morgan fingerprint density at radius 3 is 2.81 bits per heavy atom. The zero-order valence-corrected chi connectivity index (χ0v) is 9.10. The highest BCUT2D eigenvalue weighted by Crippen LogP contribution is 2.52. The van der Waals surface area contributed by atoms with Crippen LogP contribution in [0.1, 0.15) is 23.3 Å². The van der Waals surface area contributed by atoms with Crippen LogP contribution in [0.2, 0.25) is 0 Å². The molecule has 2 heterocycles. The van der Waals surface area contributed by atoms with Crippen LogP contribution in [0.25, 0.3) is 0 Å². The molecule has 0 radical (unpaired) electrons. The van der Waals surface area contributed by atoms with Crippen molar-refractivity contribution in [3.63, 3.8) is 0 Å². The summed E-state index contributed by atoms with van der Waals surface area (Å²) in [5.74, 6) is 0.771. The maximum Gasteiger partial charge on any atom is 0.197 e. The van der Waals surface area contributed by atoms with Gasteiger partial charge in [-0.2, -0.15) is 0 Å². The molecule has 16 heavy (non-hydrogen) atoms. The van der Waals surface area contributed by atoms with Crippen LogP contribution in [0, 0.1) is 0 Å².